The molecule has 6 aromatic rings. The normalized spacial score (nSPS) is 8.90. The number of hydrogen-bond donors (Lipinski definition) is 0. The Bertz CT molecular complexity index is 2420. The van der Waals surface area contributed by atoms with E-state index in [-0.39, 0.29) is 217 Å². The third-order valence-electron chi connectivity index (χ3n) is 5.99. The van der Waals surface area contributed by atoms with E-state index >= 15 is 0 Å². The van der Waals surface area contributed by atoms with Crippen molar-refractivity contribution in [3.05, 3.63) is 170 Å². The first-order valence-electron chi connectivity index (χ1n) is 31.9. The van der Waals surface area contributed by atoms with E-state index in [4.69, 9.17) is 0 Å². The average molecular weight is 2000 g/mol. The van der Waals surface area contributed by atoms with Crippen LogP contribution < -0.4 is 142 Å². The largest absolute Gasteiger partial charge is 4.00 e. The van der Waals surface area contributed by atoms with Crippen LogP contribution in [-0.2, 0) is 214 Å². The molecule has 0 N–H and O–H groups in total. The van der Waals surface area contributed by atoms with E-state index in [0.29, 0.717) is 0 Å². The second-order valence-corrected chi connectivity index (χ2v) is 28.9. The maximum Gasteiger partial charge on any atom is 4.00 e. The van der Waals surface area contributed by atoms with E-state index in [1.165, 1.54) is 121 Å². The molecule has 0 bridgehead atoms. The van der Waals surface area contributed by atoms with Crippen molar-refractivity contribution in [2.24, 2.45) is 0 Å². The molecule has 116 heavy (non-hydrogen) atoms. The fourth-order valence-corrected chi connectivity index (χ4v) is 5.49. The Balaban J connectivity index is -0.0000000354. The summed E-state index contributed by atoms with van der Waals surface area (Å²) < 4.78 is 41.2. The van der Waals surface area contributed by atoms with Gasteiger partial charge in [0.15, 0.2) is 0 Å². The molecule has 6 rings (SSSR count). The van der Waals surface area contributed by atoms with Gasteiger partial charge in [0, 0.05) is 0 Å². The van der Waals surface area contributed by atoms with Crippen LogP contribution in [0.2, 0.25) is 0 Å². The zero-order valence-electron chi connectivity index (χ0n) is 69.9. The standard InChI is InChI=1S/4C6H7O3P.2C6H6O2.12C3H7O.4O.8Ti/c4*7-10(8,9)6-4-2-1-3-5-6;2*7-5-3-1-2-4-6(5)8;12*1-3(2)4;;;;;;;;;;;;/h4*1-5H,(H2,7,8,9);2*1-4,7-8H;12*3H,1-2H3;;;;;;;;;;;;/q;;;;;;12*-1;4*-2;8*+4/p-12. The first kappa shape index (κ1) is 181. The summed E-state index contributed by atoms with van der Waals surface area (Å²) in [4.78, 5) is 82.4. The van der Waals surface area contributed by atoms with Crippen molar-refractivity contribution >= 4 is 51.6 Å². The monoisotopic (exact) mass is 2000 g/mol. The average Bonchev–Trinajstić information content (AvgIpc) is 0.898. The summed E-state index contributed by atoms with van der Waals surface area (Å²) >= 11 is 0. The number of hydrogen-bond acceptors (Lipinski definition) is 28. The van der Waals surface area contributed by atoms with Gasteiger partial charge in [-0.15, -0.1) is 96.2 Å². The smallest absolute Gasteiger partial charge is 2.00 e. The topological polar surface area (TPSA) is 736 Å². The Hall–Kier alpha value is 0.194. The van der Waals surface area contributed by atoms with Crippen molar-refractivity contribution in [1.29, 1.82) is 0 Å². The van der Waals surface area contributed by atoms with Crippen LogP contribution in [0.25, 0.3) is 0 Å². The first-order chi connectivity index (χ1) is 46.8. The van der Waals surface area contributed by atoms with Crippen LogP contribution in [0.15, 0.2) is 170 Å². The predicted molar refractivity (Wildman–Crippen MR) is 370 cm³/mol. The fourth-order valence-electron chi connectivity index (χ4n) is 3.34. The summed E-state index contributed by atoms with van der Waals surface area (Å²) in [7, 11) is -18.1. The molecule has 0 radical (unpaired) electrons. The molecule has 0 unspecified atom stereocenters. The van der Waals surface area contributed by atoms with Crippen molar-refractivity contribution in [2.75, 3.05) is 0 Å². The Morgan fingerprint density at radius 2 is 0.233 bits per heavy atom. The molecule has 644 valence electrons. The van der Waals surface area contributed by atoms with Crippen LogP contribution >= 0.6 is 30.4 Å². The van der Waals surface area contributed by atoms with Gasteiger partial charge in [-0.05, 0) is 51.6 Å². The van der Waals surface area contributed by atoms with Crippen molar-refractivity contribution in [3.63, 3.8) is 0 Å². The van der Waals surface area contributed by atoms with Gasteiger partial charge in [0.1, 0.15) is 0 Å². The molecule has 0 atom stereocenters. The van der Waals surface area contributed by atoms with Crippen molar-refractivity contribution in [2.45, 2.75) is 239 Å². The van der Waals surface area contributed by atoms with Gasteiger partial charge < -0.3 is 161 Å². The summed E-state index contributed by atoms with van der Waals surface area (Å²) in [6.07, 6.45) is -5.00. The Kier molecular flexibility index (Phi) is 187. The van der Waals surface area contributed by atoms with E-state index in [0.717, 1.165) is 0 Å². The number of para-hydroxylation sites is 4. The summed E-state index contributed by atoms with van der Waals surface area (Å²) in [5.74, 6) is -1.75. The summed E-state index contributed by atoms with van der Waals surface area (Å²) in [5.41, 5.74) is 0. The molecule has 0 saturated heterocycles. The summed E-state index contributed by atoms with van der Waals surface area (Å²) in [6.45, 7) is 38.7. The molecule has 0 fully saturated rings. The quantitative estimate of drug-likeness (QED) is 0.117. The minimum atomic E-state index is -4.52. The zero-order valence-corrected chi connectivity index (χ0v) is 86.0. The molecule has 44 heteroatoms. The molecule has 0 aliphatic heterocycles. The van der Waals surface area contributed by atoms with Gasteiger partial charge in [0.05, 0.1) is 0 Å². The maximum absolute atomic E-state index is 10.3. The van der Waals surface area contributed by atoms with Crippen LogP contribution in [0.3, 0.4) is 0 Å². The van der Waals surface area contributed by atoms with Gasteiger partial charge in [0.2, 0.25) is 0 Å². The molecule has 0 saturated carbocycles. The molecule has 0 aromatic heterocycles. The van der Waals surface area contributed by atoms with E-state index in [2.05, 4.69) is 0 Å². The summed E-state index contributed by atoms with van der Waals surface area (Å²) in [5, 5.41) is 155. The van der Waals surface area contributed by atoms with Gasteiger partial charge in [-0.2, -0.15) is 0 Å². The van der Waals surface area contributed by atoms with Gasteiger partial charge in [-0.3, -0.25) is 0 Å². The fraction of sp³-hybridized carbons (Fsp3) is 0.500. The maximum atomic E-state index is 10.3. The van der Waals surface area contributed by atoms with Crippen LogP contribution in [0.4, 0.5) is 0 Å². The predicted octanol–water partition coefficient (Wildman–Crippen LogP) is -6.86. The molecular weight excluding hydrogens is 1880 g/mol. The van der Waals surface area contributed by atoms with E-state index in [1.54, 1.807) is 215 Å². The Morgan fingerprint density at radius 3 is 0.276 bits per heavy atom. The second-order valence-electron chi connectivity index (χ2n) is 22.8. The molecule has 32 nitrogen and oxygen atoms in total. The van der Waals surface area contributed by atoms with Gasteiger partial charge in [-0.25, -0.2) is 0 Å². The van der Waals surface area contributed by atoms with E-state index in [9.17, 15) is 139 Å². The van der Waals surface area contributed by atoms with E-state index in [1.807, 2.05) is 0 Å². The van der Waals surface area contributed by atoms with Gasteiger partial charge >= 0.3 is 174 Å². The van der Waals surface area contributed by atoms with Crippen LogP contribution in [-0.4, -0.2) is 73.2 Å². The van der Waals surface area contributed by atoms with Crippen LogP contribution in [0.5, 0.6) is 23.0 Å². The molecule has 0 heterocycles. The first-order valence-corrected chi connectivity index (χ1v) is 38.1. The Morgan fingerprint density at radius 1 is 0.172 bits per heavy atom. The van der Waals surface area contributed by atoms with Crippen molar-refractivity contribution in [1.82, 2.24) is 0 Å². The molecular formula is C72H112O32P4Ti8. The van der Waals surface area contributed by atoms with Crippen molar-refractivity contribution in [3.8, 4) is 23.0 Å². The van der Waals surface area contributed by atoms with Gasteiger partial charge in [0.25, 0.3) is 0 Å². The second kappa shape index (κ2) is 119. The van der Waals surface area contributed by atoms with Crippen LogP contribution in [0, 0.1) is 0 Å². The minimum Gasteiger partial charge on any atom is -2.00 e. The molecule has 0 aliphatic rings. The van der Waals surface area contributed by atoms with E-state index < -0.39 is 127 Å². The zero-order chi connectivity index (χ0) is 85.3. The number of benzene rings is 6. The third kappa shape index (κ3) is 239. The van der Waals surface area contributed by atoms with Crippen molar-refractivity contribution < 1.29 is 335 Å². The van der Waals surface area contributed by atoms with Crippen LogP contribution in [0.1, 0.15) is 166 Å². The summed E-state index contributed by atoms with van der Waals surface area (Å²) in [6, 6.07) is 40.1. The SMILES string of the molecule is CC(C)[O-].CC(C)[O-].CC(C)[O-].CC(C)[O-].CC(C)[O-].CC(C)[O-].CC(C)[O-].CC(C)[O-].CC(C)[O-].CC(C)[O-].CC(C)[O-].CC(C)[O-].O=P([O-])([O-])c1ccccc1.O=P([O-])([O-])c1ccccc1.O=P([O-])([O-])c1ccccc1.O=P([O-])([O-])c1ccccc1.[O-2].[O-2].[O-2].[O-2].[O-]c1ccccc1[O-].[O-]c1ccccc1[O-].[Ti+4].[Ti+4].[Ti+4].[Ti+4].[Ti+4].[Ti+4].[Ti+4].[Ti+4]. The molecule has 0 spiro atoms. The molecule has 0 aliphatic carbocycles. The van der Waals surface area contributed by atoms with Gasteiger partial charge in [-0.1, -0.05) is 336 Å². The molecule has 0 amide bonds. The Labute approximate surface area is 810 Å². The third-order valence-corrected chi connectivity index (χ3v) is 9.71. The number of rotatable bonds is 4. The minimum absolute atomic E-state index is 0. The molecule has 6 aromatic carbocycles.